The van der Waals surface area contributed by atoms with E-state index in [-0.39, 0.29) is 0 Å². The van der Waals surface area contributed by atoms with Crippen molar-refractivity contribution >= 4 is 29.3 Å². The van der Waals surface area contributed by atoms with Crippen LogP contribution in [0.5, 0.6) is 0 Å². The summed E-state index contributed by atoms with van der Waals surface area (Å²) in [4.78, 5) is 10.2. The number of carboxylic acids is 1. The summed E-state index contributed by atoms with van der Waals surface area (Å²) in [6.07, 6.45) is 0.908. The van der Waals surface area contributed by atoms with E-state index in [9.17, 15) is 4.79 Å². The summed E-state index contributed by atoms with van der Waals surface area (Å²) in [7, 11) is 0. The molecule has 0 aromatic heterocycles. The maximum absolute atomic E-state index is 10.2. The van der Waals surface area contributed by atoms with Gasteiger partial charge in [-0.05, 0) is 18.2 Å². The predicted octanol–water partition coefficient (Wildman–Crippen LogP) is 0.771. The van der Waals surface area contributed by atoms with Gasteiger partial charge in [0, 0.05) is 5.69 Å². The highest BCUT2D eigenvalue weighted by Gasteiger charge is 2.01. The molecule has 0 atom stereocenters. The minimum absolute atomic E-state index is 0.573. The Hall–Kier alpha value is -2.37. The minimum atomic E-state index is -1.33. The van der Waals surface area contributed by atoms with E-state index in [1.165, 1.54) is 0 Å². The number of nitrogens with one attached hydrogen (secondary N) is 2. The van der Waals surface area contributed by atoms with Gasteiger partial charge >= 0.3 is 5.97 Å². The maximum Gasteiger partial charge on any atom is 0.355 e. The number of nitrogens with two attached hydrogens (primary N) is 1. The topological polar surface area (TPSA) is 112 Å². The Balaban J connectivity index is 2.57. The number of hydrogen-bond acceptors (Lipinski definition) is 5. The SMILES string of the molecule is N=C(/C=N\Nc1cccc(N)c1)C(=O)O. The smallest absolute Gasteiger partial charge is 0.355 e. The molecule has 0 saturated carbocycles. The summed E-state index contributed by atoms with van der Waals surface area (Å²) in [6.45, 7) is 0. The zero-order chi connectivity index (χ0) is 11.3. The monoisotopic (exact) mass is 206 g/mol. The summed E-state index contributed by atoms with van der Waals surface area (Å²) < 4.78 is 0. The zero-order valence-electron chi connectivity index (χ0n) is 7.77. The van der Waals surface area contributed by atoms with Gasteiger partial charge in [0.15, 0.2) is 5.71 Å². The molecule has 0 unspecified atom stereocenters. The Kier molecular flexibility index (Phi) is 3.39. The average molecular weight is 206 g/mol. The van der Waals surface area contributed by atoms with Crippen LogP contribution in [-0.2, 0) is 4.79 Å². The second-order valence-corrected chi connectivity index (χ2v) is 2.71. The minimum Gasteiger partial charge on any atom is -0.476 e. The normalized spacial score (nSPS) is 10.1. The number of nitrogens with zero attached hydrogens (tertiary/aromatic N) is 1. The largest absolute Gasteiger partial charge is 0.476 e. The van der Waals surface area contributed by atoms with Crippen LogP contribution in [0, 0.1) is 5.41 Å². The van der Waals surface area contributed by atoms with Crippen molar-refractivity contribution in [2.75, 3.05) is 11.2 Å². The molecule has 5 N–H and O–H groups in total. The van der Waals surface area contributed by atoms with Crippen molar-refractivity contribution in [3.63, 3.8) is 0 Å². The van der Waals surface area contributed by atoms with Crippen LogP contribution in [0.3, 0.4) is 0 Å². The van der Waals surface area contributed by atoms with Crippen LogP contribution in [0.15, 0.2) is 29.4 Å². The van der Waals surface area contributed by atoms with Gasteiger partial charge in [0.2, 0.25) is 0 Å². The molecule has 0 radical (unpaired) electrons. The number of carbonyl (C=O) groups is 1. The molecule has 15 heavy (non-hydrogen) atoms. The number of nitrogen functional groups attached to an aromatic ring is 1. The molecular weight excluding hydrogens is 196 g/mol. The highest BCUT2D eigenvalue weighted by molar-refractivity contribution is 6.57. The van der Waals surface area contributed by atoms with E-state index in [2.05, 4.69) is 10.5 Å². The van der Waals surface area contributed by atoms with Gasteiger partial charge < -0.3 is 10.8 Å². The van der Waals surface area contributed by atoms with E-state index in [1.807, 2.05) is 0 Å². The van der Waals surface area contributed by atoms with Gasteiger partial charge in [0.1, 0.15) is 0 Å². The zero-order valence-corrected chi connectivity index (χ0v) is 7.77. The Morgan fingerprint density at radius 3 is 2.93 bits per heavy atom. The quantitative estimate of drug-likeness (QED) is 0.331. The fourth-order valence-corrected chi connectivity index (χ4v) is 0.835. The molecule has 1 aromatic carbocycles. The highest BCUT2D eigenvalue weighted by Crippen LogP contribution is 2.10. The van der Waals surface area contributed by atoms with Crippen molar-refractivity contribution in [1.29, 1.82) is 5.41 Å². The number of aliphatic carboxylic acids is 1. The summed E-state index contributed by atoms with van der Waals surface area (Å²) in [5.41, 5.74) is 8.68. The fraction of sp³-hybridized carbons (Fsp3) is 0. The lowest BCUT2D eigenvalue weighted by Crippen LogP contribution is -2.13. The summed E-state index contributed by atoms with van der Waals surface area (Å²) in [6, 6.07) is 6.81. The van der Waals surface area contributed by atoms with Crippen molar-refractivity contribution in [3.8, 4) is 0 Å². The molecule has 0 fully saturated rings. The third kappa shape index (κ3) is 3.47. The van der Waals surface area contributed by atoms with Gasteiger partial charge in [0.25, 0.3) is 0 Å². The molecule has 0 aliphatic rings. The Labute approximate surface area is 85.9 Å². The molecule has 0 bridgehead atoms. The molecule has 0 heterocycles. The summed E-state index contributed by atoms with van der Waals surface area (Å²) in [5.74, 6) is -1.33. The molecule has 78 valence electrons. The van der Waals surface area contributed by atoms with Crippen LogP contribution in [0.2, 0.25) is 0 Å². The van der Waals surface area contributed by atoms with Crippen molar-refractivity contribution in [2.45, 2.75) is 0 Å². The van der Waals surface area contributed by atoms with Gasteiger partial charge in [0.05, 0.1) is 11.9 Å². The first-order chi connectivity index (χ1) is 7.09. The molecule has 0 amide bonds. The van der Waals surface area contributed by atoms with Gasteiger partial charge in [-0.2, -0.15) is 5.10 Å². The lowest BCUT2D eigenvalue weighted by molar-refractivity contribution is -0.129. The molecule has 0 saturated heterocycles. The van der Waals surface area contributed by atoms with Crippen LogP contribution in [0.4, 0.5) is 11.4 Å². The van der Waals surface area contributed by atoms with Crippen LogP contribution in [-0.4, -0.2) is 23.0 Å². The molecule has 6 heteroatoms. The first-order valence-electron chi connectivity index (χ1n) is 4.06. The maximum atomic E-state index is 10.2. The van der Waals surface area contributed by atoms with Crippen molar-refractivity contribution in [1.82, 2.24) is 0 Å². The first kappa shape index (κ1) is 10.7. The number of anilines is 2. The molecule has 1 rings (SSSR count). The van der Waals surface area contributed by atoms with E-state index in [0.717, 1.165) is 6.21 Å². The highest BCUT2D eigenvalue weighted by atomic mass is 16.4. The first-order valence-corrected chi connectivity index (χ1v) is 4.06. The van der Waals surface area contributed by atoms with Crippen molar-refractivity contribution in [2.24, 2.45) is 5.10 Å². The molecule has 0 aliphatic heterocycles. The molecule has 0 spiro atoms. The van der Waals surface area contributed by atoms with E-state index in [4.69, 9.17) is 16.2 Å². The number of hydrogen-bond donors (Lipinski definition) is 4. The fourth-order valence-electron chi connectivity index (χ4n) is 0.835. The number of carboxylic acid groups (broad SMARTS) is 1. The standard InChI is InChI=1S/C9H10N4O2/c10-6-2-1-3-7(4-6)13-12-5-8(11)9(14)15/h1-5,11,13H,10H2,(H,14,15)/b11-8?,12-5-. The Morgan fingerprint density at radius 1 is 1.60 bits per heavy atom. The molecule has 6 nitrogen and oxygen atoms in total. The van der Waals surface area contributed by atoms with Crippen LogP contribution in [0.1, 0.15) is 0 Å². The number of rotatable bonds is 4. The second kappa shape index (κ2) is 4.75. The molecule has 1 aromatic rings. The lowest BCUT2D eigenvalue weighted by Gasteiger charge is -1.99. The van der Waals surface area contributed by atoms with Crippen molar-refractivity contribution in [3.05, 3.63) is 24.3 Å². The van der Waals surface area contributed by atoms with E-state index in [0.29, 0.717) is 11.4 Å². The van der Waals surface area contributed by atoms with Gasteiger partial charge in [-0.25, -0.2) is 4.79 Å². The second-order valence-electron chi connectivity index (χ2n) is 2.71. The number of hydrazone groups is 1. The summed E-state index contributed by atoms with van der Waals surface area (Å²) in [5, 5.41) is 18.9. The van der Waals surface area contributed by atoms with Gasteiger partial charge in [-0.1, -0.05) is 6.07 Å². The third-order valence-corrected chi connectivity index (χ3v) is 1.50. The number of benzene rings is 1. The average Bonchev–Trinajstić information content (AvgIpc) is 2.17. The summed E-state index contributed by atoms with van der Waals surface area (Å²) >= 11 is 0. The van der Waals surface area contributed by atoms with Gasteiger partial charge in [-0.15, -0.1) is 0 Å². The van der Waals surface area contributed by atoms with Gasteiger partial charge in [-0.3, -0.25) is 10.8 Å². The Morgan fingerprint density at radius 2 is 2.33 bits per heavy atom. The lowest BCUT2D eigenvalue weighted by atomic mass is 10.3. The Bertz CT molecular complexity index is 414. The van der Waals surface area contributed by atoms with Crippen molar-refractivity contribution < 1.29 is 9.90 Å². The van der Waals surface area contributed by atoms with Crippen LogP contribution >= 0.6 is 0 Å². The van der Waals surface area contributed by atoms with Crippen LogP contribution in [0.25, 0.3) is 0 Å². The van der Waals surface area contributed by atoms with E-state index in [1.54, 1.807) is 24.3 Å². The van der Waals surface area contributed by atoms with E-state index >= 15 is 0 Å². The van der Waals surface area contributed by atoms with E-state index < -0.39 is 11.7 Å². The molecule has 0 aliphatic carbocycles. The third-order valence-electron chi connectivity index (χ3n) is 1.50. The van der Waals surface area contributed by atoms with Crippen LogP contribution < -0.4 is 11.2 Å². The predicted molar refractivity (Wildman–Crippen MR) is 58.3 cm³/mol. The molecular formula is C9H10N4O2.